The minimum Gasteiger partial charge on any atom is -0.393 e. The zero-order valence-electron chi connectivity index (χ0n) is 6.88. The smallest absolute Gasteiger partial charge is 0.0779 e. The average Bonchev–Trinajstić information content (AvgIpc) is 2.71. The number of rotatable bonds is 5. The Morgan fingerprint density at radius 1 is 1.73 bits per heavy atom. The van der Waals surface area contributed by atoms with Gasteiger partial charge in [0.1, 0.15) is 0 Å². The zero-order chi connectivity index (χ0) is 8.27. The van der Waals surface area contributed by atoms with Gasteiger partial charge in [-0.15, -0.1) is 0 Å². The van der Waals surface area contributed by atoms with Gasteiger partial charge in [0.15, 0.2) is 0 Å². The normalized spacial score (nSPS) is 19.7. The maximum absolute atomic E-state index is 5.42. The highest BCUT2D eigenvalue weighted by molar-refractivity contribution is 7.80. The Balaban J connectivity index is 1.96. The molecular formula is C8H15NOS. The number of nitrogens with two attached hydrogens (primary N) is 1. The summed E-state index contributed by atoms with van der Waals surface area (Å²) in [6.45, 7) is 3.58. The summed E-state index contributed by atoms with van der Waals surface area (Å²) in [4.78, 5) is 0.556. The van der Waals surface area contributed by atoms with E-state index in [-0.39, 0.29) is 5.92 Å². The number of thiocarbonyl (C=S) groups is 1. The van der Waals surface area contributed by atoms with Crippen LogP contribution in [0, 0.1) is 11.8 Å². The third-order valence-electron chi connectivity index (χ3n) is 1.90. The molecule has 1 rings (SSSR count). The SMILES string of the molecule is CC(COCC1CC1)C(N)=S. The first-order valence-corrected chi connectivity index (χ1v) is 4.48. The van der Waals surface area contributed by atoms with Crippen LogP contribution in [0.25, 0.3) is 0 Å². The molecule has 1 aliphatic rings. The van der Waals surface area contributed by atoms with Crippen LogP contribution in [0.2, 0.25) is 0 Å². The van der Waals surface area contributed by atoms with Crippen LogP contribution in [0.4, 0.5) is 0 Å². The topological polar surface area (TPSA) is 35.2 Å². The molecule has 0 aromatic carbocycles. The lowest BCUT2D eigenvalue weighted by Gasteiger charge is -2.09. The van der Waals surface area contributed by atoms with E-state index in [1.165, 1.54) is 12.8 Å². The van der Waals surface area contributed by atoms with Crippen LogP contribution in [0.1, 0.15) is 19.8 Å². The van der Waals surface area contributed by atoms with Crippen molar-refractivity contribution in [3.63, 3.8) is 0 Å². The van der Waals surface area contributed by atoms with Gasteiger partial charge in [-0.25, -0.2) is 0 Å². The summed E-state index contributed by atoms with van der Waals surface area (Å²) < 4.78 is 5.41. The van der Waals surface area contributed by atoms with E-state index < -0.39 is 0 Å². The van der Waals surface area contributed by atoms with Crippen LogP contribution in [-0.4, -0.2) is 18.2 Å². The Bertz CT molecular complexity index is 145. The van der Waals surface area contributed by atoms with Crippen molar-refractivity contribution in [3.8, 4) is 0 Å². The minimum absolute atomic E-state index is 0.226. The van der Waals surface area contributed by atoms with E-state index in [0.717, 1.165) is 12.5 Å². The molecule has 11 heavy (non-hydrogen) atoms. The van der Waals surface area contributed by atoms with E-state index in [1.54, 1.807) is 0 Å². The molecule has 0 amide bonds. The summed E-state index contributed by atoms with van der Waals surface area (Å²) in [7, 11) is 0. The Morgan fingerprint density at radius 3 is 2.82 bits per heavy atom. The van der Waals surface area contributed by atoms with Crippen molar-refractivity contribution in [2.24, 2.45) is 17.6 Å². The molecule has 64 valence electrons. The third kappa shape index (κ3) is 3.68. The molecule has 0 radical (unpaired) electrons. The van der Waals surface area contributed by atoms with Gasteiger partial charge in [-0.3, -0.25) is 0 Å². The van der Waals surface area contributed by atoms with Crippen LogP contribution in [-0.2, 0) is 4.74 Å². The quantitative estimate of drug-likeness (QED) is 0.637. The highest BCUT2D eigenvalue weighted by Crippen LogP contribution is 2.28. The van der Waals surface area contributed by atoms with Gasteiger partial charge in [-0.1, -0.05) is 19.1 Å². The standard InChI is InChI=1S/C8H15NOS/c1-6(8(9)11)4-10-5-7-2-3-7/h6-7H,2-5H2,1H3,(H2,9,11). The monoisotopic (exact) mass is 173 g/mol. The maximum Gasteiger partial charge on any atom is 0.0779 e. The predicted molar refractivity (Wildman–Crippen MR) is 49.5 cm³/mol. The minimum atomic E-state index is 0.226. The van der Waals surface area contributed by atoms with E-state index >= 15 is 0 Å². The fourth-order valence-corrected chi connectivity index (χ4v) is 0.846. The van der Waals surface area contributed by atoms with Gasteiger partial charge in [0, 0.05) is 12.5 Å². The van der Waals surface area contributed by atoms with E-state index in [0.29, 0.717) is 11.6 Å². The molecule has 1 atom stereocenters. The van der Waals surface area contributed by atoms with Crippen molar-refractivity contribution in [2.75, 3.05) is 13.2 Å². The van der Waals surface area contributed by atoms with Gasteiger partial charge in [-0.05, 0) is 18.8 Å². The molecule has 0 bridgehead atoms. The van der Waals surface area contributed by atoms with Gasteiger partial charge in [-0.2, -0.15) is 0 Å². The molecule has 2 N–H and O–H groups in total. The molecule has 0 aromatic rings. The van der Waals surface area contributed by atoms with Crippen molar-refractivity contribution >= 4 is 17.2 Å². The first-order valence-electron chi connectivity index (χ1n) is 4.07. The highest BCUT2D eigenvalue weighted by Gasteiger charge is 2.21. The van der Waals surface area contributed by atoms with E-state index in [2.05, 4.69) is 0 Å². The maximum atomic E-state index is 5.42. The second-order valence-electron chi connectivity index (χ2n) is 3.28. The molecule has 0 heterocycles. The average molecular weight is 173 g/mol. The zero-order valence-corrected chi connectivity index (χ0v) is 7.69. The lowest BCUT2D eigenvalue weighted by Crippen LogP contribution is -2.23. The van der Waals surface area contributed by atoms with E-state index in [1.807, 2.05) is 6.92 Å². The van der Waals surface area contributed by atoms with Crippen LogP contribution in [0.3, 0.4) is 0 Å². The predicted octanol–water partition coefficient (Wildman–Crippen LogP) is 1.34. The molecule has 1 saturated carbocycles. The van der Waals surface area contributed by atoms with Crippen molar-refractivity contribution in [1.29, 1.82) is 0 Å². The first kappa shape index (κ1) is 8.94. The van der Waals surface area contributed by atoms with Gasteiger partial charge < -0.3 is 10.5 Å². The summed E-state index contributed by atoms with van der Waals surface area (Å²) in [6, 6.07) is 0. The molecule has 0 aliphatic heterocycles. The third-order valence-corrected chi connectivity index (χ3v) is 2.31. The fourth-order valence-electron chi connectivity index (χ4n) is 0.778. The molecule has 0 saturated heterocycles. The van der Waals surface area contributed by atoms with Gasteiger partial charge >= 0.3 is 0 Å². The summed E-state index contributed by atoms with van der Waals surface area (Å²) in [5.41, 5.74) is 5.42. The van der Waals surface area contributed by atoms with Crippen LogP contribution in [0.15, 0.2) is 0 Å². The van der Waals surface area contributed by atoms with Crippen LogP contribution >= 0.6 is 12.2 Å². The Labute approximate surface area is 73.1 Å². The lowest BCUT2D eigenvalue weighted by atomic mass is 10.2. The highest BCUT2D eigenvalue weighted by atomic mass is 32.1. The first-order chi connectivity index (χ1) is 5.20. The lowest BCUT2D eigenvalue weighted by molar-refractivity contribution is 0.112. The number of hydrogen-bond donors (Lipinski definition) is 1. The Kier molecular flexibility index (Phi) is 3.27. The summed E-state index contributed by atoms with van der Waals surface area (Å²) in [5.74, 6) is 1.05. The van der Waals surface area contributed by atoms with Crippen molar-refractivity contribution in [3.05, 3.63) is 0 Å². The van der Waals surface area contributed by atoms with E-state index in [9.17, 15) is 0 Å². The summed E-state index contributed by atoms with van der Waals surface area (Å²) in [6.07, 6.45) is 2.67. The largest absolute Gasteiger partial charge is 0.393 e. The fraction of sp³-hybridized carbons (Fsp3) is 0.875. The molecule has 1 fully saturated rings. The molecule has 0 spiro atoms. The van der Waals surface area contributed by atoms with Crippen LogP contribution < -0.4 is 5.73 Å². The molecule has 2 nitrogen and oxygen atoms in total. The molecule has 1 unspecified atom stereocenters. The van der Waals surface area contributed by atoms with Crippen molar-refractivity contribution in [2.45, 2.75) is 19.8 Å². The second kappa shape index (κ2) is 4.02. The molecule has 0 aromatic heterocycles. The van der Waals surface area contributed by atoms with Gasteiger partial charge in [0.25, 0.3) is 0 Å². The van der Waals surface area contributed by atoms with E-state index in [4.69, 9.17) is 22.7 Å². The molecule has 1 aliphatic carbocycles. The Hall–Kier alpha value is -0.150. The molecular weight excluding hydrogens is 158 g/mol. The van der Waals surface area contributed by atoms with Crippen molar-refractivity contribution < 1.29 is 4.74 Å². The summed E-state index contributed by atoms with van der Waals surface area (Å²) in [5, 5.41) is 0. The molecule has 3 heteroatoms. The number of hydrogen-bond acceptors (Lipinski definition) is 2. The van der Waals surface area contributed by atoms with Gasteiger partial charge in [0.2, 0.25) is 0 Å². The second-order valence-corrected chi connectivity index (χ2v) is 3.76. The van der Waals surface area contributed by atoms with Gasteiger partial charge in [0.05, 0.1) is 11.6 Å². The summed E-state index contributed by atoms with van der Waals surface area (Å²) >= 11 is 4.81. The Morgan fingerprint density at radius 2 is 2.36 bits per heavy atom. The van der Waals surface area contributed by atoms with Crippen molar-refractivity contribution in [1.82, 2.24) is 0 Å². The number of ether oxygens (including phenoxy) is 1. The van der Waals surface area contributed by atoms with Crippen LogP contribution in [0.5, 0.6) is 0 Å².